The summed E-state index contributed by atoms with van der Waals surface area (Å²) in [6.07, 6.45) is 11.9. The smallest absolute Gasteiger partial charge is 0.136 e. The summed E-state index contributed by atoms with van der Waals surface area (Å²) in [5.74, 6) is 0.838. The average molecular weight is 700 g/mol. The first-order valence-corrected chi connectivity index (χ1v) is 18.6. The Hall–Kier alpha value is -7.43. The average Bonchev–Trinajstić information content (AvgIpc) is 3.69. The highest BCUT2D eigenvalue weighted by atomic mass is 16.3. The van der Waals surface area contributed by atoms with Crippen LogP contribution in [0.5, 0.6) is 0 Å². The van der Waals surface area contributed by atoms with Crippen molar-refractivity contribution in [3.05, 3.63) is 177 Å². The van der Waals surface area contributed by atoms with Gasteiger partial charge in [-0.3, -0.25) is 15.0 Å². The van der Waals surface area contributed by atoms with Crippen molar-refractivity contribution in [3.8, 4) is 44.7 Å². The zero-order valence-corrected chi connectivity index (χ0v) is 29.5. The Morgan fingerprint density at radius 1 is 0.291 bits per heavy atom. The molecule has 0 fully saturated rings. The van der Waals surface area contributed by atoms with E-state index in [1.165, 1.54) is 37.7 Å². The molecule has 0 unspecified atom stereocenters. The number of hydrogen-bond donors (Lipinski definition) is 0. The van der Waals surface area contributed by atoms with Gasteiger partial charge in [0.25, 0.3) is 0 Å². The molecule has 0 aliphatic heterocycles. The van der Waals surface area contributed by atoms with Crippen molar-refractivity contribution in [2.75, 3.05) is 0 Å². The van der Waals surface area contributed by atoms with Gasteiger partial charge in [-0.15, -0.1) is 0 Å². The number of pyridine rings is 3. The van der Waals surface area contributed by atoms with Crippen LogP contribution in [0.25, 0.3) is 120 Å². The first-order valence-electron chi connectivity index (χ1n) is 18.6. The molecule has 0 N–H and O–H groups in total. The third-order valence-corrected chi connectivity index (χ3v) is 11.5. The predicted octanol–water partition coefficient (Wildman–Crippen LogP) is 13.6. The molecular formula is C51H29N3O. The van der Waals surface area contributed by atoms with Crippen molar-refractivity contribution in [3.63, 3.8) is 0 Å². The van der Waals surface area contributed by atoms with Gasteiger partial charge < -0.3 is 4.42 Å². The van der Waals surface area contributed by atoms with E-state index in [0.717, 1.165) is 82.6 Å². The van der Waals surface area contributed by atoms with Gasteiger partial charge in [0.15, 0.2) is 0 Å². The molecule has 0 spiro atoms. The molecule has 55 heavy (non-hydrogen) atoms. The summed E-state index contributed by atoms with van der Waals surface area (Å²) < 4.78 is 6.67. The Bertz CT molecular complexity index is 3360. The van der Waals surface area contributed by atoms with Gasteiger partial charge in [-0.05, 0) is 89.4 Å². The lowest BCUT2D eigenvalue weighted by Gasteiger charge is -2.22. The van der Waals surface area contributed by atoms with E-state index < -0.39 is 0 Å². The van der Waals surface area contributed by atoms with E-state index in [9.17, 15) is 0 Å². The molecule has 0 bridgehead atoms. The van der Waals surface area contributed by atoms with Gasteiger partial charge in [-0.25, -0.2) is 0 Å². The van der Waals surface area contributed by atoms with Crippen molar-refractivity contribution in [1.29, 1.82) is 0 Å². The first-order chi connectivity index (χ1) is 27.3. The van der Waals surface area contributed by atoms with Crippen LogP contribution in [-0.2, 0) is 0 Å². The van der Waals surface area contributed by atoms with Crippen LogP contribution in [-0.4, -0.2) is 15.0 Å². The van der Waals surface area contributed by atoms with E-state index in [0.29, 0.717) is 0 Å². The second-order valence-electron chi connectivity index (χ2n) is 14.4. The summed E-state index contributed by atoms with van der Waals surface area (Å²) in [6, 6.07) is 49.9. The Kier molecular flexibility index (Phi) is 6.31. The first kappa shape index (κ1) is 30.1. The van der Waals surface area contributed by atoms with E-state index >= 15 is 0 Å². The molecule has 12 rings (SSSR count). The van der Waals surface area contributed by atoms with Crippen LogP contribution >= 0.6 is 0 Å². The summed E-state index contributed by atoms with van der Waals surface area (Å²) in [6.45, 7) is 0. The fourth-order valence-electron chi connectivity index (χ4n) is 8.97. The summed E-state index contributed by atoms with van der Waals surface area (Å²) in [5, 5.41) is 14.9. The van der Waals surface area contributed by atoms with E-state index in [1.54, 1.807) is 0 Å². The summed E-state index contributed by atoms with van der Waals surface area (Å²) in [7, 11) is 0. The molecule has 4 heterocycles. The maximum absolute atomic E-state index is 6.67. The van der Waals surface area contributed by atoms with Crippen molar-refractivity contribution in [1.82, 2.24) is 15.0 Å². The topological polar surface area (TPSA) is 51.8 Å². The number of benzene rings is 8. The van der Waals surface area contributed by atoms with E-state index in [-0.39, 0.29) is 0 Å². The fourth-order valence-corrected chi connectivity index (χ4v) is 8.97. The van der Waals surface area contributed by atoms with E-state index in [1.807, 2.05) is 49.3 Å². The van der Waals surface area contributed by atoms with E-state index in [4.69, 9.17) is 19.4 Å². The Labute approximate surface area is 315 Å². The van der Waals surface area contributed by atoms with Crippen LogP contribution in [0.2, 0.25) is 0 Å². The Morgan fingerprint density at radius 3 is 1.13 bits per heavy atom. The van der Waals surface area contributed by atoms with Gasteiger partial charge in [-0.1, -0.05) is 115 Å². The van der Waals surface area contributed by atoms with Gasteiger partial charge in [0.05, 0.1) is 0 Å². The van der Waals surface area contributed by atoms with Gasteiger partial charge in [0.2, 0.25) is 0 Å². The molecule has 12 aromatic rings. The SMILES string of the molecule is c1ccc2oc(-c3cc(-c4cncc5ccccc45)c4ccc5c(-c6cncc7ccccc67)cc(-c6cncc7ccccc67)c6ccc3c4c65)cc2c1. The maximum Gasteiger partial charge on any atom is 0.136 e. The zero-order valence-electron chi connectivity index (χ0n) is 29.5. The third-order valence-electron chi connectivity index (χ3n) is 11.5. The minimum atomic E-state index is 0.838. The van der Waals surface area contributed by atoms with Crippen LogP contribution in [0, 0.1) is 0 Å². The minimum Gasteiger partial charge on any atom is -0.456 e. The second kappa shape index (κ2) is 11.5. The highest BCUT2D eigenvalue weighted by Gasteiger charge is 2.24. The number of hydrogen-bond acceptors (Lipinski definition) is 4. The van der Waals surface area contributed by atoms with Crippen LogP contribution in [0.15, 0.2) is 181 Å². The van der Waals surface area contributed by atoms with Gasteiger partial charge in [-0.2, -0.15) is 0 Å². The fraction of sp³-hybridized carbons (Fsp3) is 0. The van der Waals surface area contributed by atoms with Crippen molar-refractivity contribution in [2.24, 2.45) is 0 Å². The minimum absolute atomic E-state index is 0.838. The molecule has 0 saturated heterocycles. The molecule has 0 aliphatic rings. The molecule has 8 aromatic carbocycles. The second-order valence-corrected chi connectivity index (χ2v) is 14.4. The quantitative estimate of drug-likeness (QED) is 0.172. The van der Waals surface area contributed by atoms with Crippen molar-refractivity contribution in [2.45, 2.75) is 0 Å². The number of nitrogens with zero attached hydrogens (tertiary/aromatic N) is 3. The highest BCUT2D eigenvalue weighted by Crippen LogP contribution is 2.50. The number of furan rings is 1. The van der Waals surface area contributed by atoms with Crippen LogP contribution < -0.4 is 0 Å². The molecule has 0 amide bonds. The third kappa shape index (κ3) is 4.43. The molecule has 0 atom stereocenters. The lowest BCUT2D eigenvalue weighted by molar-refractivity contribution is 0.632. The zero-order chi connectivity index (χ0) is 36.0. The summed E-state index contributed by atoms with van der Waals surface area (Å²) in [4.78, 5) is 14.3. The number of aromatic nitrogens is 3. The lowest BCUT2D eigenvalue weighted by Crippen LogP contribution is -1.95. The van der Waals surface area contributed by atoms with Crippen LogP contribution in [0.1, 0.15) is 0 Å². The summed E-state index contributed by atoms with van der Waals surface area (Å²) in [5.41, 5.74) is 8.59. The number of para-hydroxylation sites is 1. The maximum atomic E-state index is 6.67. The van der Waals surface area contributed by atoms with Crippen LogP contribution in [0.4, 0.5) is 0 Å². The van der Waals surface area contributed by atoms with Crippen molar-refractivity contribution < 1.29 is 4.42 Å². The van der Waals surface area contributed by atoms with E-state index in [2.05, 4.69) is 127 Å². The number of rotatable bonds is 4. The molecular weight excluding hydrogens is 671 g/mol. The standard InChI is InChI=1S/C51H29N3O/c1-5-13-34-31(10-1)24-52-27-45(34)41-22-42(46-28-53-25-32-11-2-6-14-35(32)46)38-19-20-40-44(49-21-30-9-4-8-16-48(30)55-49)23-43(39-18-17-37(41)50(38)51(39)40)47-29-54-26-33-12-3-7-15-36(33)47/h1-29H. The van der Waals surface area contributed by atoms with Crippen LogP contribution in [0.3, 0.4) is 0 Å². The van der Waals surface area contributed by atoms with Gasteiger partial charge in [0.1, 0.15) is 11.3 Å². The van der Waals surface area contributed by atoms with Gasteiger partial charge >= 0.3 is 0 Å². The lowest BCUT2D eigenvalue weighted by atomic mass is 9.82. The molecule has 0 aliphatic carbocycles. The van der Waals surface area contributed by atoms with Gasteiger partial charge in [0, 0.05) is 81.0 Å². The number of fused-ring (bicyclic) bond motifs is 4. The molecule has 254 valence electrons. The predicted molar refractivity (Wildman–Crippen MR) is 228 cm³/mol. The highest BCUT2D eigenvalue weighted by molar-refractivity contribution is 6.33. The molecule has 4 heteroatoms. The Morgan fingerprint density at radius 2 is 0.673 bits per heavy atom. The molecule has 4 aromatic heterocycles. The Balaban J connectivity index is 1.29. The van der Waals surface area contributed by atoms with Crippen molar-refractivity contribution >= 4 is 75.6 Å². The molecule has 0 saturated carbocycles. The molecule has 4 nitrogen and oxygen atoms in total. The normalized spacial score (nSPS) is 12.0. The largest absolute Gasteiger partial charge is 0.456 e. The summed E-state index contributed by atoms with van der Waals surface area (Å²) >= 11 is 0. The molecule has 0 radical (unpaired) electrons. The monoisotopic (exact) mass is 699 g/mol.